The number of oxazole rings is 1. The van der Waals surface area contributed by atoms with Crippen LogP contribution in [0.4, 0.5) is 6.01 Å². The average Bonchev–Trinajstić information content (AvgIpc) is 2.57. The smallest absolute Gasteiger partial charge is 0.292 e. The Kier molecular flexibility index (Phi) is 2.56. The minimum absolute atomic E-state index is 0.177. The molecule has 4 nitrogen and oxygen atoms in total. The molecule has 0 atom stereocenters. The summed E-state index contributed by atoms with van der Waals surface area (Å²) in [5, 5.41) is 0. The number of ether oxygens (including phenoxy) is 1. The molecule has 2 aromatic rings. The second-order valence-electron chi connectivity index (χ2n) is 3.66. The van der Waals surface area contributed by atoms with Crippen molar-refractivity contribution >= 4 is 6.01 Å². The number of anilines is 1. The lowest BCUT2D eigenvalue weighted by Gasteiger charge is -2.07. The van der Waals surface area contributed by atoms with Gasteiger partial charge in [-0.2, -0.15) is 4.98 Å². The van der Waals surface area contributed by atoms with Gasteiger partial charge in [0.2, 0.25) is 0 Å². The maximum atomic E-state index is 5.53. The zero-order valence-corrected chi connectivity index (χ0v) is 9.57. The molecule has 1 heterocycles. The number of hydrogen-bond donors (Lipinski definition) is 1. The molecule has 0 saturated heterocycles. The Labute approximate surface area is 94.1 Å². The molecule has 4 heteroatoms. The first-order valence-electron chi connectivity index (χ1n) is 4.99. The minimum Gasteiger partial charge on any atom is -0.496 e. The van der Waals surface area contributed by atoms with Gasteiger partial charge in [-0.3, -0.25) is 0 Å². The fourth-order valence-corrected chi connectivity index (χ4v) is 1.67. The van der Waals surface area contributed by atoms with Crippen LogP contribution in [0.25, 0.3) is 11.3 Å². The number of nitrogens with zero attached hydrogens (tertiary/aromatic N) is 1. The highest BCUT2D eigenvalue weighted by molar-refractivity contribution is 5.70. The summed E-state index contributed by atoms with van der Waals surface area (Å²) < 4.78 is 10.5. The fourth-order valence-electron chi connectivity index (χ4n) is 1.67. The summed E-state index contributed by atoms with van der Waals surface area (Å²) in [6.07, 6.45) is 0. The first-order chi connectivity index (χ1) is 7.61. The summed E-state index contributed by atoms with van der Waals surface area (Å²) in [4.78, 5) is 4.16. The number of aryl methyl sites for hydroxylation is 2. The molecule has 1 aromatic heterocycles. The van der Waals surface area contributed by atoms with E-state index >= 15 is 0 Å². The molecular formula is C12H14N2O2. The molecule has 16 heavy (non-hydrogen) atoms. The predicted octanol–water partition coefficient (Wildman–Crippen LogP) is 2.55. The molecule has 0 spiro atoms. The number of benzene rings is 1. The highest BCUT2D eigenvalue weighted by Crippen LogP contribution is 2.33. The lowest BCUT2D eigenvalue weighted by Crippen LogP contribution is -1.91. The van der Waals surface area contributed by atoms with Gasteiger partial charge in [0, 0.05) is 5.56 Å². The van der Waals surface area contributed by atoms with Crippen molar-refractivity contribution in [3.05, 3.63) is 29.5 Å². The Morgan fingerprint density at radius 3 is 2.62 bits per heavy atom. The van der Waals surface area contributed by atoms with Crippen LogP contribution in [0.2, 0.25) is 0 Å². The molecule has 0 unspecified atom stereocenters. The number of methoxy groups -OCH3 is 1. The van der Waals surface area contributed by atoms with E-state index in [9.17, 15) is 0 Å². The normalized spacial score (nSPS) is 10.4. The van der Waals surface area contributed by atoms with Crippen LogP contribution >= 0.6 is 0 Å². The van der Waals surface area contributed by atoms with Crippen LogP contribution in [0.1, 0.15) is 11.3 Å². The molecule has 2 rings (SSSR count). The second-order valence-corrected chi connectivity index (χ2v) is 3.66. The first kappa shape index (κ1) is 10.5. The van der Waals surface area contributed by atoms with Crippen LogP contribution in [0.5, 0.6) is 5.75 Å². The molecule has 1 aromatic carbocycles. The van der Waals surface area contributed by atoms with Crippen LogP contribution in [0, 0.1) is 13.8 Å². The summed E-state index contributed by atoms with van der Waals surface area (Å²) in [6, 6.07) is 6.08. The molecule has 2 N–H and O–H groups in total. The van der Waals surface area contributed by atoms with E-state index in [1.54, 1.807) is 7.11 Å². The largest absolute Gasteiger partial charge is 0.496 e. The van der Waals surface area contributed by atoms with Crippen LogP contribution < -0.4 is 10.5 Å². The number of aromatic nitrogens is 1. The molecule has 0 radical (unpaired) electrons. The summed E-state index contributed by atoms with van der Waals surface area (Å²) in [6.45, 7) is 3.85. The zero-order valence-electron chi connectivity index (χ0n) is 9.57. The SMILES string of the molecule is COc1ccc(C)cc1-c1nc(N)oc1C. The molecule has 0 bridgehead atoms. The van der Waals surface area contributed by atoms with Gasteiger partial charge in [0.1, 0.15) is 17.2 Å². The van der Waals surface area contributed by atoms with E-state index in [1.165, 1.54) is 0 Å². The Morgan fingerprint density at radius 1 is 1.31 bits per heavy atom. The molecular weight excluding hydrogens is 204 g/mol. The molecule has 0 aliphatic carbocycles. The Bertz CT molecular complexity index is 518. The number of hydrogen-bond acceptors (Lipinski definition) is 4. The predicted molar refractivity (Wildman–Crippen MR) is 62.4 cm³/mol. The van der Waals surface area contributed by atoms with Gasteiger partial charge in [-0.15, -0.1) is 0 Å². The topological polar surface area (TPSA) is 61.3 Å². The van der Waals surface area contributed by atoms with Gasteiger partial charge in [-0.1, -0.05) is 11.6 Å². The lowest BCUT2D eigenvalue weighted by atomic mass is 10.1. The van der Waals surface area contributed by atoms with Crippen molar-refractivity contribution < 1.29 is 9.15 Å². The number of nitrogens with two attached hydrogens (primary N) is 1. The fraction of sp³-hybridized carbons (Fsp3) is 0.250. The Hall–Kier alpha value is -1.97. The van der Waals surface area contributed by atoms with Crippen LogP contribution in [-0.4, -0.2) is 12.1 Å². The van der Waals surface area contributed by atoms with Crippen molar-refractivity contribution in [1.29, 1.82) is 0 Å². The average molecular weight is 218 g/mol. The molecule has 84 valence electrons. The quantitative estimate of drug-likeness (QED) is 0.841. The van der Waals surface area contributed by atoms with Gasteiger partial charge in [0.15, 0.2) is 0 Å². The summed E-state index contributed by atoms with van der Waals surface area (Å²) in [5.74, 6) is 1.46. The Morgan fingerprint density at radius 2 is 2.06 bits per heavy atom. The summed E-state index contributed by atoms with van der Waals surface area (Å²) in [5.41, 5.74) is 8.30. The maximum absolute atomic E-state index is 5.53. The van der Waals surface area contributed by atoms with Crippen LogP contribution in [0.15, 0.2) is 22.6 Å². The van der Waals surface area contributed by atoms with E-state index in [2.05, 4.69) is 4.98 Å². The maximum Gasteiger partial charge on any atom is 0.292 e. The highest BCUT2D eigenvalue weighted by Gasteiger charge is 2.14. The first-order valence-corrected chi connectivity index (χ1v) is 4.99. The minimum atomic E-state index is 0.177. The Balaban J connectivity index is 2.62. The molecule has 0 fully saturated rings. The zero-order chi connectivity index (χ0) is 11.7. The second kappa shape index (κ2) is 3.89. The molecule has 0 aliphatic rings. The van der Waals surface area contributed by atoms with Gasteiger partial charge in [0.05, 0.1) is 7.11 Å². The van der Waals surface area contributed by atoms with Crippen LogP contribution in [-0.2, 0) is 0 Å². The summed E-state index contributed by atoms with van der Waals surface area (Å²) in [7, 11) is 1.63. The third-order valence-corrected chi connectivity index (χ3v) is 2.42. The molecule has 0 aliphatic heterocycles. The van der Waals surface area contributed by atoms with Gasteiger partial charge in [0.25, 0.3) is 6.01 Å². The number of rotatable bonds is 2. The van der Waals surface area contributed by atoms with E-state index in [0.29, 0.717) is 5.76 Å². The van der Waals surface area contributed by atoms with E-state index in [-0.39, 0.29) is 6.01 Å². The van der Waals surface area contributed by atoms with E-state index in [0.717, 1.165) is 22.6 Å². The van der Waals surface area contributed by atoms with Crippen molar-refractivity contribution in [2.75, 3.05) is 12.8 Å². The molecule has 0 amide bonds. The van der Waals surface area contributed by atoms with Gasteiger partial charge in [-0.05, 0) is 26.0 Å². The van der Waals surface area contributed by atoms with Crippen molar-refractivity contribution in [3.8, 4) is 17.0 Å². The van der Waals surface area contributed by atoms with E-state index < -0.39 is 0 Å². The monoisotopic (exact) mass is 218 g/mol. The van der Waals surface area contributed by atoms with Crippen molar-refractivity contribution in [3.63, 3.8) is 0 Å². The summed E-state index contributed by atoms with van der Waals surface area (Å²) >= 11 is 0. The molecule has 0 saturated carbocycles. The van der Waals surface area contributed by atoms with Crippen LogP contribution in [0.3, 0.4) is 0 Å². The lowest BCUT2D eigenvalue weighted by molar-refractivity contribution is 0.416. The van der Waals surface area contributed by atoms with Gasteiger partial charge in [-0.25, -0.2) is 0 Å². The van der Waals surface area contributed by atoms with Crippen molar-refractivity contribution in [2.24, 2.45) is 0 Å². The highest BCUT2D eigenvalue weighted by atomic mass is 16.5. The van der Waals surface area contributed by atoms with E-state index in [1.807, 2.05) is 32.0 Å². The number of nitrogen functional groups attached to an aromatic ring is 1. The third-order valence-electron chi connectivity index (χ3n) is 2.42. The van der Waals surface area contributed by atoms with E-state index in [4.69, 9.17) is 14.9 Å². The van der Waals surface area contributed by atoms with Gasteiger partial charge < -0.3 is 14.9 Å². The van der Waals surface area contributed by atoms with Gasteiger partial charge >= 0.3 is 0 Å². The standard InChI is InChI=1S/C12H14N2O2/c1-7-4-5-10(15-3)9(6-7)11-8(2)16-12(13)14-11/h4-6H,1-3H3,(H2,13,14). The van der Waals surface area contributed by atoms with Crippen molar-refractivity contribution in [1.82, 2.24) is 4.98 Å². The van der Waals surface area contributed by atoms with Crippen molar-refractivity contribution in [2.45, 2.75) is 13.8 Å². The third kappa shape index (κ3) is 1.74.